The number of hydrogen-bond donors (Lipinski definition) is 2. The molecule has 0 saturated carbocycles. The highest BCUT2D eigenvalue weighted by Crippen LogP contribution is 2.29. The number of nitrogens with one attached hydrogen (secondary N) is 2. The number of guanidine groups is 1. The molecule has 28 heavy (non-hydrogen) atoms. The number of aliphatic imine (C=N–C) groups is 1. The highest BCUT2D eigenvalue weighted by atomic mass is 19.4. The molecular weight excluding hydrogens is 373 g/mol. The van der Waals surface area contributed by atoms with E-state index in [9.17, 15) is 18.0 Å². The lowest BCUT2D eigenvalue weighted by molar-refractivity contribution is -0.137. The van der Waals surface area contributed by atoms with Crippen molar-refractivity contribution < 1.29 is 22.4 Å². The molecule has 0 unspecified atom stereocenters. The normalized spacial score (nSPS) is 12.0. The van der Waals surface area contributed by atoms with Crippen LogP contribution in [0.5, 0.6) is 0 Å². The standard InChI is InChI=1S/C19H23F3N4O2/c1-26(2)17(27)13-25-18(23-9-8-16-7-4-10-28-16)24-12-14-5-3-6-15(11-14)19(20,21)22/h3-7,10-11H,8-9,12-13H2,1-2H3,(H2,23,24,25). The first kappa shape index (κ1) is 21.3. The van der Waals surface area contributed by atoms with Crippen LogP contribution in [0.4, 0.5) is 13.2 Å². The Balaban J connectivity index is 2.02. The van der Waals surface area contributed by atoms with E-state index in [1.54, 1.807) is 32.5 Å². The third-order valence-electron chi connectivity index (χ3n) is 3.82. The van der Waals surface area contributed by atoms with E-state index in [0.717, 1.165) is 17.9 Å². The molecule has 2 aromatic rings. The Morgan fingerprint density at radius 2 is 1.96 bits per heavy atom. The van der Waals surface area contributed by atoms with Gasteiger partial charge in [0.05, 0.1) is 24.9 Å². The molecule has 1 aromatic heterocycles. The van der Waals surface area contributed by atoms with Crippen LogP contribution >= 0.6 is 0 Å². The highest BCUT2D eigenvalue weighted by molar-refractivity contribution is 5.86. The number of hydrogen-bond acceptors (Lipinski definition) is 3. The van der Waals surface area contributed by atoms with Crippen LogP contribution in [-0.4, -0.2) is 44.0 Å². The van der Waals surface area contributed by atoms with Crippen molar-refractivity contribution in [3.63, 3.8) is 0 Å². The SMILES string of the molecule is CN(C)C(=O)CNC(=NCc1cccc(C(F)(F)F)c1)NCCc1ccco1. The third-order valence-corrected chi connectivity index (χ3v) is 3.82. The summed E-state index contributed by atoms with van der Waals surface area (Å²) in [6.45, 7) is 0.538. The molecule has 0 fully saturated rings. The molecule has 0 aliphatic carbocycles. The van der Waals surface area contributed by atoms with Crippen molar-refractivity contribution in [2.45, 2.75) is 19.1 Å². The van der Waals surface area contributed by atoms with Gasteiger partial charge in [-0.1, -0.05) is 12.1 Å². The maximum absolute atomic E-state index is 12.8. The summed E-state index contributed by atoms with van der Waals surface area (Å²) in [7, 11) is 3.27. The van der Waals surface area contributed by atoms with Gasteiger partial charge < -0.3 is 20.0 Å². The van der Waals surface area contributed by atoms with Crippen LogP contribution in [0.3, 0.4) is 0 Å². The van der Waals surface area contributed by atoms with Gasteiger partial charge in [-0.15, -0.1) is 0 Å². The topological polar surface area (TPSA) is 69.9 Å². The van der Waals surface area contributed by atoms with Gasteiger partial charge in [0.15, 0.2) is 5.96 Å². The summed E-state index contributed by atoms with van der Waals surface area (Å²) in [5, 5.41) is 5.94. The summed E-state index contributed by atoms with van der Waals surface area (Å²) in [6, 6.07) is 8.62. The van der Waals surface area contributed by atoms with E-state index in [1.165, 1.54) is 11.0 Å². The Kier molecular flexibility index (Phi) is 7.48. The first-order valence-corrected chi connectivity index (χ1v) is 8.66. The van der Waals surface area contributed by atoms with Gasteiger partial charge in [0.25, 0.3) is 0 Å². The zero-order valence-electron chi connectivity index (χ0n) is 15.7. The number of alkyl halides is 3. The molecule has 1 heterocycles. The summed E-state index contributed by atoms with van der Waals surface area (Å²) >= 11 is 0. The number of carbonyl (C=O) groups excluding carboxylic acids is 1. The number of furan rings is 1. The summed E-state index contributed by atoms with van der Waals surface area (Å²) in [6.07, 6.45) is -2.23. The van der Waals surface area contributed by atoms with Crippen LogP contribution in [0, 0.1) is 0 Å². The van der Waals surface area contributed by atoms with E-state index in [4.69, 9.17) is 4.42 Å². The van der Waals surface area contributed by atoms with E-state index in [0.29, 0.717) is 24.5 Å². The van der Waals surface area contributed by atoms with Crippen LogP contribution in [-0.2, 0) is 23.9 Å². The van der Waals surface area contributed by atoms with E-state index >= 15 is 0 Å². The maximum atomic E-state index is 12.8. The molecule has 0 bridgehead atoms. The number of rotatable bonds is 7. The molecule has 0 spiro atoms. The Hall–Kier alpha value is -2.97. The minimum absolute atomic E-state index is 0.0160. The van der Waals surface area contributed by atoms with Gasteiger partial charge in [-0.2, -0.15) is 13.2 Å². The Morgan fingerprint density at radius 3 is 2.61 bits per heavy atom. The third kappa shape index (κ3) is 6.98. The molecule has 6 nitrogen and oxygen atoms in total. The van der Waals surface area contributed by atoms with Crippen LogP contribution in [0.25, 0.3) is 0 Å². The largest absolute Gasteiger partial charge is 0.469 e. The van der Waals surface area contributed by atoms with Crippen molar-refractivity contribution in [1.29, 1.82) is 0 Å². The average Bonchev–Trinajstić information content (AvgIpc) is 3.16. The lowest BCUT2D eigenvalue weighted by atomic mass is 10.1. The monoisotopic (exact) mass is 396 g/mol. The predicted octanol–water partition coefficient (Wildman–Crippen LogP) is 2.66. The van der Waals surface area contributed by atoms with Crippen molar-refractivity contribution in [1.82, 2.24) is 15.5 Å². The van der Waals surface area contributed by atoms with Crippen LogP contribution in [0.15, 0.2) is 52.1 Å². The van der Waals surface area contributed by atoms with Crippen molar-refractivity contribution in [3.05, 3.63) is 59.5 Å². The Labute approximate surface area is 161 Å². The minimum atomic E-state index is -4.40. The number of benzene rings is 1. The van der Waals surface area contributed by atoms with Gasteiger partial charge in [0, 0.05) is 27.1 Å². The maximum Gasteiger partial charge on any atom is 0.416 e. The fourth-order valence-corrected chi connectivity index (χ4v) is 2.27. The predicted molar refractivity (Wildman–Crippen MR) is 99.7 cm³/mol. The molecule has 2 rings (SSSR count). The van der Waals surface area contributed by atoms with Gasteiger partial charge in [-0.3, -0.25) is 4.79 Å². The first-order valence-electron chi connectivity index (χ1n) is 8.66. The molecular formula is C19H23F3N4O2. The summed E-state index contributed by atoms with van der Waals surface area (Å²) in [4.78, 5) is 17.5. The Morgan fingerprint density at radius 1 is 1.18 bits per heavy atom. The lowest BCUT2D eigenvalue weighted by Crippen LogP contribution is -2.43. The summed E-state index contributed by atoms with van der Waals surface area (Å²) < 4.78 is 43.8. The molecule has 152 valence electrons. The number of carbonyl (C=O) groups is 1. The molecule has 1 aromatic carbocycles. The molecule has 0 aliphatic rings. The first-order chi connectivity index (χ1) is 13.3. The van der Waals surface area contributed by atoms with Crippen molar-refractivity contribution >= 4 is 11.9 Å². The second-order valence-corrected chi connectivity index (χ2v) is 6.26. The van der Waals surface area contributed by atoms with Gasteiger partial charge >= 0.3 is 6.18 Å². The minimum Gasteiger partial charge on any atom is -0.469 e. The van der Waals surface area contributed by atoms with E-state index < -0.39 is 11.7 Å². The van der Waals surface area contributed by atoms with E-state index in [1.807, 2.05) is 6.07 Å². The number of nitrogens with zero attached hydrogens (tertiary/aromatic N) is 2. The highest BCUT2D eigenvalue weighted by Gasteiger charge is 2.30. The van der Waals surface area contributed by atoms with Crippen molar-refractivity contribution in [2.75, 3.05) is 27.2 Å². The second-order valence-electron chi connectivity index (χ2n) is 6.26. The van der Waals surface area contributed by atoms with Gasteiger partial charge in [0.2, 0.25) is 5.91 Å². The molecule has 1 amide bonds. The van der Waals surface area contributed by atoms with E-state index in [-0.39, 0.29) is 19.0 Å². The zero-order valence-corrected chi connectivity index (χ0v) is 15.7. The summed E-state index contributed by atoms with van der Waals surface area (Å²) in [5.74, 6) is 0.966. The lowest BCUT2D eigenvalue weighted by Gasteiger charge is -2.15. The molecule has 0 saturated heterocycles. The van der Waals surface area contributed by atoms with Gasteiger partial charge in [-0.25, -0.2) is 4.99 Å². The number of likely N-dealkylation sites (N-methyl/N-ethyl adjacent to an activating group) is 1. The fourth-order valence-electron chi connectivity index (χ4n) is 2.27. The van der Waals surface area contributed by atoms with Crippen LogP contribution in [0.2, 0.25) is 0 Å². The number of amides is 1. The molecule has 0 aliphatic heterocycles. The molecule has 9 heteroatoms. The quantitative estimate of drug-likeness (QED) is 0.558. The van der Waals surface area contributed by atoms with Gasteiger partial charge in [-0.05, 0) is 29.8 Å². The van der Waals surface area contributed by atoms with Gasteiger partial charge in [0.1, 0.15) is 5.76 Å². The zero-order chi connectivity index (χ0) is 20.6. The van der Waals surface area contributed by atoms with Crippen molar-refractivity contribution in [3.8, 4) is 0 Å². The molecule has 2 N–H and O–H groups in total. The van der Waals surface area contributed by atoms with Crippen LogP contribution < -0.4 is 10.6 Å². The fraction of sp³-hybridized carbons (Fsp3) is 0.368. The summed E-state index contributed by atoms with van der Waals surface area (Å²) in [5.41, 5.74) is -0.302. The molecule has 0 radical (unpaired) electrons. The van der Waals surface area contributed by atoms with E-state index in [2.05, 4.69) is 15.6 Å². The smallest absolute Gasteiger partial charge is 0.416 e. The molecule has 0 atom stereocenters. The second kappa shape index (κ2) is 9.82. The van der Waals surface area contributed by atoms with Crippen molar-refractivity contribution in [2.24, 2.45) is 4.99 Å². The average molecular weight is 396 g/mol. The van der Waals surface area contributed by atoms with Crippen LogP contribution in [0.1, 0.15) is 16.9 Å². The Bertz CT molecular complexity index is 787. The number of halogens is 3.